The van der Waals surface area contributed by atoms with Gasteiger partial charge in [-0.1, -0.05) is 29.5 Å². The molecule has 0 saturated carbocycles. The lowest BCUT2D eigenvalue weighted by atomic mass is 10.1. The molecule has 0 saturated heterocycles. The molecule has 0 radical (unpaired) electrons. The SMILES string of the molecule is Cc1ccc(C#N)cc1Nc1nc2ccccc2s1. The first-order valence-electron chi connectivity index (χ1n) is 5.89. The molecule has 1 N–H and O–H groups in total. The fraction of sp³-hybridized carbons (Fsp3) is 0.0667. The highest BCUT2D eigenvalue weighted by molar-refractivity contribution is 7.22. The van der Waals surface area contributed by atoms with Crippen LogP contribution >= 0.6 is 11.3 Å². The molecular formula is C15H11N3S. The Morgan fingerprint density at radius 1 is 1.21 bits per heavy atom. The number of hydrogen-bond acceptors (Lipinski definition) is 4. The fourth-order valence-corrected chi connectivity index (χ4v) is 2.75. The Balaban J connectivity index is 1.98. The van der Waals surface area contributed by atoms with Crippen LogP contribution in [-0.2, 0) is 0 Å². The van der Waals surface area contributed by atoms with E-state index in [-0.39, 0.29) is 0 Å². The summed E-state index contributed by atoms with van der Waals surface area (Å²) in [6, 6.07) is 15.8. The van der Waals surface area contributed by atoms with E-state index in [9.17, 15) is 0 Å². The van der Waals surface area contributed by atoms with Gasteiger partial charge < -0.3 is 5.32 Å². The van der Waals surface area contributed by atoms with Crippen molar-refractivity contribution in [3.05, 3.63) is 53.6 Å². The van der Waals surface area contributed by atoms with E-state index in [0.717, 1.165) is 26.6 Å². The van der Waals surface area contributed by atoms with E-state index < -0.39 is 0 Å². The standard InChI is InChI=1S/C15H11N3S/c1-10-6-7-11(9-16)8-13(10)18-15-17-12-4-2-3-5-14(12)19-15/h2-8H,1H3,(H,17,18). The lowest BCUT2D eigenvalue weighted by molar-refractivity contribution is 1.38. The van der Waals surface area contributed by atoms with Crippen LogP contribution < -0.4 is 5.32 Å². The van der Waals surface area contributed by atoms with Crippen molar-refractivity contribution in [2.45, 2.75) is 6.92 Å². The van der Waals surface area contributed by atoms with Crippen molar-refractivity contribution in [2.75, 3.05) is 5.32 Å². The Labute approximate surface area is 115 Å². The predicted molar refractivity (Wildman–Crippen MR) is 78.8 cm³/mol. The predicted octanol–water partition coefficient (Wildman–Crippen LogP) is 4.22. The van der Waals surface area contributed by atoms with Gasteiger partial charge in [0.05, 0.1) is 21.8 Å². The Kier molecular flexibility index (Phi) is 2.90. The molecule has 0 aliphatic carbocycles. The lowest BCUT2D eigenvalue weighted by Gasteiger charge is -2.06. The smallest absolute Gasteiger partial charge is 0.188 e. The summed E-state index contributed by atoms with van der Waals surface area (Å²) in [5.41, 5.74) is 3.66. The van der Waals surface area contributed by atoms with Crippen molar-refractivity contribution in [1.82, 2.24) is 4.98 Å². The molecule has 0 amide bonds. The topological polar surface area (TPSA) is 48.7 Å². The maximum atomic E-state index is 8.94. The molecule has 1 heterocycles. The average molecular weight is 265 g/mol. The molecule has 0 aliphatic heterocycles. The number of nitrogens with zero attached hydrogens (tertiary/aromatic N) is 2. The summed E-state index contributed by atoms with van der Waals surface area (Å²) >= 11 is 1.61. The molecule has 19 heavy (non-hydrogen) atoms. The van der Waals surface area contributed by atoms with Crippen LogP contribution in [0.5, 0.6) is 0 Å². The summed E-state index contributed by atoms with van der Waals surface area (Å²) in [5, 5.41) is 13.1. The van der Waals surface area contributed by atoms with Gasteiger partial charge in [-0.25, -0.2) is 4.98 Å². The van der Waals surface area contributed by atoms with Crippen molar-refractivity contribution in [2.24, 2.45) is 0 Å². The maximum Gasteiger partial charge on any atom is 0.188 e. The molecule has 0 spiro atoms. The number of benzene rings is 2. The molecule has 0 aliphatic rings. The van der Waals surface area contributed by atoms with Crippen LogP contribution in [0.25, 0.3) is 10.2 Å². The van der Waals surface area contributed by atoms with Gasteiger partial charge in [-0.2, -0.15) is 5.26 Å². The van der Waals surface area contributed by atoms with Gasteiger partial charge in [-0.15, -0.1) is 0 Å². The van der Waals surface area contributed by atoms with Crippen molar-refractivity contribution >= 4 is 32.4 Å². The largest absolute Gasteiger partial charge is 0.331 e. The van der Waals surface area contributed by atoms with Gasteiger partial charge in [0.25, 0.3) is 0 Å². The first-order chi connectivity index (χ1) is 9.26. The Morgan fingerprint density at radius 3 is 2.84 bits per heavy atom. The summed E-state index contributed by atoms with van der Waals surface area (Å²) in [4.78, 5) is 4.53. The van der Waals surface area contributed by atoms with E-state index in [1.165, 1.54) is 0 Å². The number of para-hydroxylation sites is 1. The van der Waals surface area contributed by atoms with Crippen LogP contribution in [0.2, 0.25) is 0 Å². The minimum absolute atomic E-state index is 0.647. The van der Waals surface area contributed by atoms with Crippen LogP contribution in [0.3, 0.4) is 0 Å². The number of nitrogens with one attached hydrogen (secondary N) is 1. The molecule has 0 atom stereocenters. The third-order valence-corrected chi connectivity index (χ3v) is 3.85. The molecule has 3 nitrogen and oxygen atoms in total. The first kappa shape index (κ1) is 11.7. The molecule has 92 valence electrons. The highest BCUT2D eigenvalue weighted by atomic mass is 32.1. The Morgan fingerprint density at radius 2 is 2.05 bits per heavy atom. The van der Waals surface area contributed by atoms with Gasteiger partial charge in [0.2, 0.25) is 0 Å². The average Bonchev–Trinajstić information content (AvgIpc) is 2.83. The number of fused-ring (bicyclic) bond motifs is 1. The van der Waals surface area contributed by atoms with E-state index in [2.05, 4.69) is 22.4 Å². The molecule has 4 heteroatoms. The molecular weight excluding hydrogens is 254 g/mol. The number of thiazole rings is 1. The minimum atomic E-state index is 0.647. The summed E-state index contributed by atoms with van der Waals surface area (Å²) in [7, 11) is 0. The number of anilines is 2. The normalized spacial score (nSPS) is 10.3. The molecule has 3 aromatic rings. The van der Waals surface area contributed by atoms with Gasteiger partial charge in [-0.05, 0) is 36.8 Å². The highest BCUT2D eigenvalue weighted by Gasteiger charge is 2.05. The zero-order valence-electron chi connectivity index (χ0n) is 10.3. The Bertz CT molecular complexity index is 750. The number of aryl methyl sites for hydroxylation is 1. The van der Waals surface area contributed by atoms with Crippen molar-refractivity contribution in [1.29, 1.82) is 5.26 Å². The van der Waals surface area contributed by atoms with E-state index >= 15 is 0 Å². The molecule has 1 aromatic heterocycles. The molecule has 0 unspecified atom stereocenters. The van der Waals surface area contributed by atoms with E-state index in [4.69, 9.17) is 5.26 Å². The van der Waals surface area contributed by atoms with Gasteiger partial charge >= 0.3 is 0 Å². The molecule has 2 aromatic carbocycles. The first-order valence-corrected chi connectivity index (χ1v) is 6.71. The molecule has 0 bridgehead atoms. The number of nitriles is 1. The quantitative estimate of drug-likeness (QED) is 0.754. The third kappa shape index (κ3) is 2.28. The summed E-state index contributed by atoms with van der Waals surface area (Å²) in [5.74, 6) is 0. The van der Waals surface area contributed by atoms with Crippen molar-refractivity contribution < 1.29 is 0 Å². The second kappa shape index (κ2) is 4.71. The van der Waals surface area contributed by atoms with Gasteiger partial charge in [-0.3, -0.25) is 0 Å². The zero-order chi connectivity index (χ0) is 13.2. The second-order valence-electron chi connectivity index (χ2n) is 4.25. The zero-order valence-corrected chi connectivity index (χ0v) is 11.2. The number of aromatic nitrogens is 1. The number of rotatable bonds is 2. The van der Waals surface area contributed by atoms with Crippen LogP contribution in [0.1, 0.15) is 11.1 Å². The lowest BCUT2D eigenvalue weighted by Crippen LogP contribution is -1.93. The Hall–Kier alpha value is -2.38. The maximum absolute atomic E-state index is 8.94. The van der Waals surface area contributed by atoms with Crippen LogP contribution in [-0.4, -0.2) is 4.98 Å². The highest BCUT2D eigenvalue weighted by Crippen LogP contribution is 2.29. The number of hydrogen-bond donors (Lipinski definition) is 1. The van der Waals surface area contributed by atoms with E-state index in [1.54, 1.807) is 11.3 Å². The van der Waals surface area contributed by atoms with Crippen LogP contribution in [0, 0.1) is 18.3 Å². The van der Waals surface area contributed by atoms with Gasteiger partial charge in [0, 0.05) is 5.69 Å². The fourth-order valence-electron chi connectivity index (χ4n) is 1.87. The summed E-state index contributed by atoms with van der Waals surface area (Å²) < 4.78 is 1.15. The third-order valence-electron chi connectivity index (χ3n) is 2.90. The van der Waals surface area contributed by atoms with Crippen LogP contribution in [0.4, 0.5) is 10.8 Å². The second-order valence-corrected chi connectivity index (χ2v) is 5.28. The summed E-state index contributed by atoms with van der Waals surface area (Å²) in [6.07, 6.45) is 0. The van der Waals surface area contributed by atoms with Crippen LogP contribution in [0.15, 0.2) is 42.5 Å². The monoisotopic (exact) mass is 265 g/mol. The summed E-state index contributed by atoms with van der Waals surface area (Å²) in [6.45, 7) is 2.01. The van der Waals surface area contributed by atoms with E-state index in [1.807, 2.05) is 43.3 Å². The molecule has 0 fully saturated rings. The minimum Gasteiger partial charge on any atom is -0.331 e. The van der Waals surface area contributed by atoms with E-state index in [0.29, 0.717) is 5.56 Å². The van der Waals surface area contributed by atoms with Gasteiger partial charge in [0.15, 0.2) is 5.13 Å². The van der Waals surface area contributed by atoms with Crippen molar-refractivity contribution in [3.8, 4) is 6.07 Å². The van der Waals surface area contributed by atoms with Crippen molar-refractivity contribution in [3.63, 3.8) is 0 Å². The molecule has 3 rings (SSSR count). The van der Waals surface area contributed by atoms with Gasteiger partial charge in [0.1, 0.15) is 0 Å².